The van der Waals surface area contributed by atoms with E-state index in [9.17, 15) is 43.2 Å². The molecule has 0 amide bonds. The van der Waals surface area contributed by atoms with Crippen LogP contribution in [0.5, 0.6) is 11.5 Å². The summed E-state index contributed by atoms with van der Waals surface area (Å²) in [6.07, 6.45) is -4.40. The van der Waals surface area contributed by atoms with E-state index in [0.29, 0.717) is 25.9 Å². The standard InChI is InChI=1S/C28H33F3N2O7/c1-4-33(3)12-26-10-14-8-16-21(18(34)9-15(17-6-5-7-32-17)23(16)40-28(29,30)31)22(36)20(14)25(38)27(26,39)24(37)13(2)19(35)11-26/h9,14,17,32,34-35,38-39H,4-8,10-12H2,1-3H3/t14?,17?,26-,27+/m0/s1. The highest BCUT2D eigenvalue weighted by molar-refractivity contribution is 6.16. The molecule has 1 aliphatic heterocycles. The zero-order valence-corrected chi connectivity index (χ0v) is 22.5. The molecule has 218 valence electrons. The van der Waals surface area contributed by atoms with Crippen molar-refractivity contribution in [2.75, 3.05) is 26.7 Å². The summed E-state index contributed by atoms with van der Waals surface area (Å²) in [5.41, 5.74) is -5.04. The van der Waals surface area contributed by atoms with Crippen LogP contribution in [0, 0.1) is 11.3 Å². The number of aromatic hydroxyl groups is 1. The number of phenolic OH excluding ortho intramolecular Hbond substituents is 1. The first kappa shape index (κ1) is 28.4. The number of benzene rings is 1. The number of alkyl halides is 3. The van der Waals surface area contributed by atoms with Gasteiger partial charge >= 0.3 is 6.36 Å². The Kier molecular flexibility index (Phi) is 6.75. The fraction of sp³-hybridized carbons (Fsp3) is 0.571. The Balaban J connectivity index is 1.73. The van der Waals surface area contributed by atoms with Crippen molar-refractivity contribution in [1.82, 2.24) is 10.2 Å². The summed E-state index contributed by atoms with van der Waals surface area (Å²) in [5, 5.41) is 48.2. The average molecular weight is 567 g/mol. The highest BCUT2D eigenvalue weighted by atomic mass is 19.4. The van der Waals surface area contributed by atoms with E-state index in [4.69, 9.17) is 0 Å². The molecule has 4 atom stereocenters. The Hall–Kier alpha value is -3.09. The zero-order chi connectivity index (χ0) is 29.4. The third-order valence-electron chi connectivity index (χ3n) is 9.09. The Morgan fingerprint density at radius 1 is 1.23 bits per heavy atom. The number of nitrogens with one attached hydrogen (secondary N) is 1. The number of aliphatic hydroxyl groups excluding tert-OH is 2. The summed E-state index contributed by atoms with van der Waals surface area (Å²) < 4.78 is 45.5. The summed E-state index contributed by atoms with van der Waals surface area (Å²) in [6, 6.07) is 0.545. The molecule has 0 bridgehead atoms. The zero-order valence-electron chi connectivity index (χ0n) is 22.5. The van der Waals surface area contributed by atoms with Crippen molar-refractivity contribution in [2.24, 2.45) is 11.3 Å². The Morgan fingerprint density at radius 2 is 1.93 bits per heavy atom. The number of allylic oxidation sites excluding steroid dienone is 2. The smallest absolute Gasteiger partial charge is 0.512 e. The molecule has 0 spiro atoms. The fourth-order valence-corrected chi connectivity index (χ4v) is 7.10. The molecule has 12 heteroatoms. The van der Waals surface area contributed by atoms with Crippen molar-refractivity contribution in [2.45, 2.75) is 64.0 Å². The van der Waals surface area contributed by atoms with Crippen LogP contribution in [0.15, 0.2) is 28.7 Å². The van der Waals surface area contributed by atoms with E-state index in [0.717, 1.165) is 6.07 Å². The van der Waals surface area contributed by atoms with Gasteiger partial charge in [0.25, 0.3) is 0 Å². The maximum Gasteiger partial charge on any atom is 0.573 e. The molecular weight excluding hydrogens is 533 g/mol. The molecule has 1 fully saturated rings. The number of rotatable bonds is 5. The third kappa shape index (κ3) is 4.10. The van der Waals surface area contributed by atoms with E-state index in [1.165, 1.54) is 6.92 Å². The van der Waals surface area contributed by atoms with Crippen LogP contribution in [0.2, 0.25) is 0 Å². The van der Waals surface area contributed by atoms with Crippen LogP contribution in [0.3, 0.4) is 0 Å². The number of ether oxygens (including phenoxy) is 1. The normalized spacial score (nSPS) is 30.5. The maximum absolute atomic E-state index is 13.9. The van der Waals surface area contributed by atoms with Crippen molar-refractivity contribution in [3.8, 4) is 11.5 Å². The first-order valence-corrected chi connectivity index (χ1v) is 13.4. The number of hydrogen-bond acceptors (Lipinski definition) is 9. The number of nitrogens with zero attached hydrogens (tertiary/aromatic N) is 1. The van der Waals surface area contributed by atoms with Crippen LogP contribution in [-0.2, 0) is 11.2 Å². The van der Waals surface area contributed by atoms with Crippen LogP contribution in [0.25, 0.3) is 0 Å². The lowest BCUT2D eigenvalue weighted by Gasteiger charge is -2.55. The molecule has 1 heterocycles. The second-order valence-corrected chi connectivity index (χ2v) is 11.5. The summed E-state index contributed by atoms with van der Waals surface area (Å²) in [4.78, 5) is 29.1. The van der Waals surface area contributed by atoms with Crippen molar-refractivity contribution < 1.29 is 47.9 Å². The lowest BCUT2D eigenvalue weighted by molar-refractivity contribution is -0.275. The first-order chi connectivity index (χ1) is 18.6. The van der Waals surface area contributed by atoms with E-state index < -0.39 is 63.7 Å². The molecule has 4 aliphatic rings. The Morgan fingerprint density at radius 3 is 2.52 bits per heavy atom. The van der Waals surface area contributed by atoms with Crippen molar-refractivity contribution in [3.05, 3.63) is 45.4 Å². The minimum absolute atomic E-state index is 0.0428. The van der Waals surface area contributed by atoms with Crippen molar-refractivity contribution in [3.63, 3.8) is 0 Å². The van der Waals surface area contributed by atoms with Crippen LogP contribution in [0.1, 0.15) is 67.1 Å². The second kappa shape index (κ2) is 9.49. The van der Waals surface area contributed by atoms with Gasteiger partial charge in [0.15, 0.2) is 11.4 Å². The van der Waals surface area contributed by atoms with Gasteiger partial charge in [-0.25, -0.2) is 0 Å². The van der Waals surface area contributed by atoms with Gasteiger partial charge in [-0.3, -0.25) is 9.59 Å². The monoisotopic (exact) mass is 566 g/mol. The summed E-state index contributed by atoms with van der Waals surface area (Å²) >= 11 is 0. The average Bonchev–Trinajstić information content (AvgIpc) is 3.40. The molecule has 40 heavy (non-hydrogen) atoms. The van der Waals surface area contributed by atoms with Gasteiger partial charge < -0.3 is 35.4 Å². The number of carbonyl (C=O) groups is 2. The van der Waals surface area contributed by atoms with Gasteiger partial charge in [-0.1, -0.05) is 6.92 Å². The molecule has 1 saturated heterocycles. The lowest BCUT2D eigenvalue weighted by Crippen LogP contribution is -2.65. The number of phenols is 1. The van der Waals surface area contributed by atoms with Crippen LogP contribution >= 0.6 is 0 Å². The number of Topliss-reactive ketones (excluding diaryl/α,β-unsaturated/α-hetero) is 2. The van der Waals surface area contributed by atoms with E-state index in [1.807, 2.05) is 6.92 Å². The van der Waals surface area contributed by atoms with Gasteiger partial charge in [-0.2, -0.15) is 0 Å². The molecule has 3 aliphatic carbocycles. The first-order valence-electron chi connectivity index (χ1n) is 13.4. The summed E-state index contributed by atoms with van der Waals surface area (Å²) in [7, 11) is 1.73. The van der Waals surface area contributed by atoms with E-state index in [-0.39, 0.29) is 53.8 Å². The minimum Gasteiger partial charge on any atom is -0.512 e. The number of aliphatic hydroxyl groups is 3. The second-order valence-electron chi connectivity index (χ2n) is 11.5. The quantitative estimate of drug-likeness (QED) is 0.361. The van der Waals surface area contributed by atoms with E-state index >= 15 is 0 Å². The molecule has 0 aromatic heterocycles. The fourth-order valence-electron chi connectivity index (χ4n) is 7.10. The molecule has 5 N–H and O–H groups in total. The van der Waals surface area contributed by atoms with Gasteiger partial charge in [0.05, 0.1) is 11.3 Å². The molecule has 1 aromatic rings. The topological polar surface area (TPSA) is 140 Å². The maximum atomic E-state index is 13.9. The number of ketones is 2. The highest BCUT2D eigenvalue weighted by Crippen LogP contribution is 2.59. The van der Waals surface area contributed by atoms with Gasteiger partial charge in [0.1, 0.15) is 17.3 Å². The third-order valence-corrected chi connectivity index (χ3v) is 9.09. The predicted octanol–water partition coefficient (Wildman–Crippen LogP) is 3.76. The molecule has 9 nitrogen and oxygen atoms in total. The van der Waals surface area contributed by atoms with Crippen molar-refractivity contribution in [1.29, 1.82) is 0 Å². The number of fused-ring (bicyclic) bond motifs is 3. The van der Waals surface area contributed by atoms with Crippen LogP contribution < -0.4 is 10.1 Å². The summed E-state index contributed by atoms with van der Waals surface area (Å²) in [5.74, 6) is -5.14. The molecule has 2 unspecified atom stereocenters. The van der Waals surface area contributed by atoms with E-state index in [2.05, 4.69) is 10.1 Å². The van der Waals surface area contributed by atoms with Gasteiger partial charge in [-0.15, -0.1) is 13.2 Å². The molecule has 5 rings (SSSR count). The molecule has 0 saturated carbocycles. The van der Waals surface area contributed by atoms with Crippen LogP contribution in [-0.4, -0.2) is 75.5 Å². The molecular formula is C28H33F3N2O7. The SMILES string of the molecule is CCN(C)C[C@]12CC(O)=C(C)C(=O)[C@@]1(O)C(O)=C1C(=O)c3c(O)cc(C4CCCN4)c(OC(F)(F)F)c3CC1C2. The highest BCUT2D eigenvalue weighted by Gasteiger charge is 2.66. The van der Waals surface area contributed by atoms with E-state index in [1.54, 1.807) is 11.9 Å². The largest absolute Gasteiger partial charge is 0.573 e. The summed E-state index contributed by atoms with van der Waals surface area (Å²) in [6.45, 7) is 4.26. The minimum atomic E-state index is -5.08. The van der Waals surface area contributed by atoms with Crippen LogP contribution in [0.4, 0.5) is 13.2 Å². The lowest BCUT2D eigenvalue weighted by atomic mass is 9.52. The molecule has 1 aromatic carbocycles. The van der Waals surface area contributed by atoms with Gasteiger partial charge in [-0.05, 0) is 64.7 Å². The number of halogens is 3. The predicted molar refractivity (Wildman–Crippen MR) is 136 cm³/mol. The number of hydrogen-bond donors (Lipinski definition) is 5. The van der Waals surface area contributed by atoms with Gasteiger partial charge in [0.2, 0.25) is 5.78 Å². The number of carbonyl (C=O) groups excluding carboxylic acids is 2. The van der Waals surface area contributed by atoms with Crippen molar-refractivity contribution >= 4 is 11.6 Å². The molecule has 0 radical (unpaired) electrons. The van der Waals surface area contributed by atoms with Gasteiger partial charge in [0, 0.05) is 46.7 Å². The Bertz CT molecular complexity index is 1350. The Labute approximate surface area is 228 Å².